The first-order valence-electron chi connectivity index (χ1n) is 17.1. The average Bonchev–Trinajstić information content (AvgIpc) is 3.36. The number of aliphatic hydroxyl groups excluding tert-OH is 4. The van der Waals surface area contributed by atoms with Gasteiger partial charge in [0.15, 0.2) is 5.75 Å². The Morgan fingerprint density at radius 1 is 0.843 bits per heavy atom. The van der Waals surface area contributed by atoms with Crippen molar-refractivity contribution in [1.82, 2.24) is 20.2 Å². The molecule has 3 aliphatic rings. The second-order valence-corrected chi connectivity index (χ2v) is 13.9. The molecule has 2 fully saturated rings. The molecule has 51 heavy (non-hydrogen) atoms. The maximum Gasteiger partial charge on any atom is 0.376 e. The van der Waals surface area contributed by atoms with Crippen molar-refractivity contribution < 1.29 is 39.4 Å². The molecular weight excluding hydrogens is 654 g/mol. The van der Waals surface area contributed by atoms with Gasteiger partial charge >= 0.3 is 5.97 Å². The highest BCUT2D eigenvalue weighted by molar-refractivity contribution is 5.84. The summed E-state index contributed by atoms with van der Waals surface area (Å²) in [6.07, 6.45) is 1.41. The van der Waals surface area contributed by atoms with Gasteiger partial charge in [-0.1, -0.05) is 44.2 Å². The van der Waals surface area contributed by atoms with Crippen LogP contribution in [0.25, 0.3) is 0 Å². The number of methoxy groups -OCH3 is 1. The van der Waals surface area contributed by atoms with Gasteiger partial charge in [0.1, 0.15) is 42.5 Å². The van der Waals surface area contributed by atoms with E-state index in [0.29, 0.717) is 35.5 Å². The minimum absolute atomic E-state index is 0.0318. The standard InChI is InChI=1S/C38H43N5O8/c1-38(2,22-6-11-26(12-7-22)51-28-19-39-33(40-20-28)37(48)49-3)21-4-9-25(10-5-21)50-27-16-24(17-27)41-23-8-13-29-30(18-23)36(47)43(35(29)46)31-14-15-32(44)42-34(31)45/h4-13,18-20,24,27,31-32,34-36,41-42,44-47H,14-17H2,1-3H3/t24?,27?,31-,32-,34-,35-,36-/m1/s1. The number of ether oxygens (including phenoxy) is 3. The monoisotopic (exact) mass is 697 g/mol. The molecule has 13 nitrogen and oxygen atoms in total. The van der Waals surface area contributed by atoms with Crippen molar-refractivity contribution in [2.45, 2.75) is 88.0 Å². The van der Waals surface area contributed by atoms with Gasteiger partial charge in [0.25, 0.3) is 0 Å². The lowest BCUT2D eigenvalue weighted by atomic mass is 9.78. The first-order valence-corrected chi connectivity index (χ1v) is 17.1. The first kappa shape index (κ1) is 34.8. The molecule has 13 heteroatoms. The van der Waals surface area contributed by atoms with Crippen molar-refractivity contribution in [2.75, 3.05) is 12.4 Å². The molecule has 0 unspecified atom stereocenters. The Bertz CT molecular complexity index is 1830. The molecule has 5 atom stereocenters. The highest BCUT2D eigenvalue weighted by Crippen LogP contribution is 2.44. The number of fused-ring (bicyclic) bond motifs is 1. The molecular formula is C38H43N5O8. The predicted molar refractivity (Wildman–Crippen MR) is 186 cm³/mol. The summed E-state index contributed by atoms with van der Waals surface area (Å²) in [5, 5.41) is 48.5. The van der Waals surface area contributed by atoms with Crippen LogP contribution in [0.3, 0.4) is 0 Å². The van der Waals surface area contributed by atoms with Crippen LogP contribution in [0.5, 0.6) is 17.2 Å². The molecule has 1 saturated heterocycles. The zero-order chi connectivity index (χ0) is 35.9. The summed E-state index contributed by atoms with van der Waals surface area (Å²) in [5.74, 6) is 1.20. The summed E-state index contributed by atoms with van der Waals surface area (Å²) in [7, 11) is 1.28. The Hall–Kier alpha value is -4.63. The first-order chi connectivity index (χ1) is 24.5. The molecule has 6 N–H and O–H groups in total. The summed E-state index contributed by atoms with van der Waals surface area (Å²) in [4.78, 5) is 21.0. The number of carbonyl (C=O) groups is 1. The number of aliphatic hydroxyl groups is 4. The summed E-state index contributed by atoms with van der Waals surface area (Å²) in [6.45, 7) is 4.33. The number of nitrogens with zero attached hydrogens (tertiary/aromatic N) is 3. The molecule has 1 saturated carbocycles. The SMILES string of the molecule is COC(=O)c1ncc(Oc2ccc(C(C)(C)c3ccc(OC4CC(Nc5ccc6c(c5)[C@@H](O)N([C@@H]5CC[C@@H](O)N[C@@H]5O)[C@@H]6O)C4)cc3)cc2)cn1. The maximum absolute atomic E-state index is 11.6. The van der Waals surface area contributed by atoms with Crippen LogP contribution < -0.4 is 20.1 Å². The number of benzene rings is 3. The van der Waals surface area contributed by atoms with Crippen LogP contribution in [0.1, 0.15) is 84.9 Å². The van der Waals surface area contributed by atoms with Gasteiger partial charge in [0, 0.05) is 41.1 Å². The Labute approximate surface area is 295 Å². The fraction of sp³-hybridized carbons (Fsp3) is 0.395. The van der Waals surface area contributed by atoms with E-state index in [1.165, 1.54) is 24.4 Å². The van der Waals surface area contributed by atoms with Crippen molar-refractivity contribution in [1.29, 1.82) is 0 Å². The highest BCUT2D eigenvalue weighted by atomic mass is 16.5. The Balaban J connectivity index is 0.902. The lowest BCUT2D eigenvalue weighted by Gasteiger charge is -2.40. The summed E-state index contributed by atoms with van der Waals surface area (Å²) in [6, 6.07) is 21.2. The lowest BCUT2D eigenvalue weighted by Crippen LogP contribution is -2.57. The van der Waals surface area contributed by atoms with Gasteiger partial charge in [-0.2, -0.15) is 0 Å². The number of esters is 1. The summed E-state index contributed by atoms with van der Waals surface area (Å²) in [5.41, 5.74) is 4.02. The minimum Gasteiger partial charge on any atom is -0.490 e. The van der Waals surface area contributed by atoms with E-state index >= 15 is 0 Å². The molecule has 0 radical (unpaired) electrons. The van der Waals surface area contributed by atoms with Gasteiger partial charge in [-0.25, -0.2) is 19.7 Å². The van der Waals surface area contributed by atoms with Crippen LogP contribution in [0, 0.1) is 0 Å². The molecule has 0 bridgehead atoms. The highest BCUT2D eigenvalue weighted by Gasteiger charge is 2.45. The largest absolute Gasteiger partial charge is 0.490 e. The van der Waals surface area contributed by atoms with E-state index in [0.717, 1.165) is 35.4 Å². The Kier molecular flexibility index (Phi) is 9.68. The molecule has 1 aliphatic carbocycles. The quantitative estimate of drug-likeness (QED) is 0.131. The molecule has 3 heterocycles. The van der Waals surface area contributed by atoms with E-state index < -0.39 is 36.9 Å². The third-order valence-corrected chi connectivity index (χ3v) is 10.2. The molecule has 0 spiro atoms. The van der Waals surface area contributed by atoms with Gasteiger partial charge < -0.3 is 40.0 Å². The van der Waals surface area contributed by atoms with Gasteiger partial charge in [-0.05, 0) is 60.4 Å². The van der Waals surface area contributed by atoms with E-state index in [-0.39, 0.29) is 23.4 Å². The number of rotatable bonds is 10. The number of hydrogen-bond donors (Lipinski definition) is 6. The van der Waals surface area contributed by atoms with E-state index in [9.17, 15) is 25.2 Å². The Morgan fingerprint density at radius 3 is 2.10 bits per heavy atom. The van der Waals surface area contributed by atoms with Crippen LogP contribution in [-0.2, 0) is 10.2 Å². The number of hydrogen-bond acceptors (Lipinski definition) is 13. The topological polar surface area (TPSA) is 179 Å². The number of anilines is 1. The van der Waals surface area contributed by atoms with E-state index in [4.69, 9.17) is 9.47 Å². The molecule has 3 aromatic carbocycles. The van der Waals surface area contributed by atoms with E-state index in [1.54, 1.807) is 0 Å². The zero-order valence-corrected chi connectivity index (χ0v) is 28.6. The van der Waals surface area contributed by atoms with E-state index in [1.807, 2.05) is 54.6 Å². The summed E-state index contributed by atoms with van der Waals surface area (Å²) >= 11 is 0. The molecule has 268 valence electrons. The third kappa shape index (κ3) is 7.13. The second kappa shape index (κ2) is 14.2. The fourth-order valence-corrected chi connectivity index (χ4v) is 7.10. The number of carbonyl (C=O) groups excluding carboxylic acids is 1. The molecule has 1 aromatic heterocycles. The van der Waals surface area contributed by atoms with Crippen LogP contribution >= 0.6 is 0 Å². The molecule has 7 rings (SSSR count). The molecule has 4 aromatic rings. The third-order valence-electron chi connectivity index (χ3n) is 10.2. The van der Waals surface area contributed by atoms with Crippen LogP contribution in [-0.4, -0.2) is 79.0 Å². The minimum atomic E-state index is -1.08. The number of piperidine rings is 1. The van der Waals surface area contributed by atoms with Crippen molar-refractivity contribution >= 4 is 11.7 Å². The fourth-order valence-electron chi connectivity index (χ4n) is 7.10. The normalized spacial score (nSPS) is 26.1. The predicted octanol–water partition coefficient (Wildman–Crippen LogP) is 4.09. The van der Waals surface area contributed by atoms with Gasteiger partial charge in [0.05, 0.1) is 25.5 Å². The zero-order valence-electron chi connectivity index (χ0n) is 28.6. The van der Waals surface area contributed by atoms with Crippen LogP contribution in [0.2, 0.25) is 0 Å². The number of nitrogens with one attached hydrogen (secondary N) is 2. The van der Waals surface area contributed by atoms with Crippen molar-refractivity contribution in [3.05, 3.63) is 107 Å². The van der Waals surface area contributed by atoms with Gasteiger partial charge in [-0.15, -0.1) is 0 Å². The smallest absolute Gasteiger partial charge is 0.376 e. The van der Waals surface area contributed by atoms with E-state index in [2.05, 4.69) is 51.3 Å². The lowest BCUT2D eigenvalue weighted by molar-refractivity contribution is -0.159. The van der Waals surface area contributed by atoms with Crippen molar-refractivity contribution in [3.8, 4) is 17.2 Å². The number of aromatic nitrogens is 2. The average molecular weight is 698 g/mol. The molecule has 0 amide bonds. The van der Waals surface area contributed by atoms with Gasteiger partial charge in [0.2, 0.25) is 5.82 Å². The van der Waals surface area contributed by atoms with Crippen molar-refractivity contribution in [3.63, 3.8) is 0 Å². The second-order valence-electron chi connectivity index (χ2n) is 13.9. The van der Waals surface area contributed by atoms with Crippen LogP contribution in [0.15, 0.2) is 79.1 Å². The van der Waals surface area contributed by atoms with Crippen molar-refractivity contribution in [2.24, 2.45) is 0 Å². The van der Waals surface area contributed by atoms with Gasteiger partial charge in [-0.3, -0.25) is 5.32 Å². The molecule has 2 aliphatic heterocycles. The summed E-state index contributed by atoms with van der Waals surface area (Å²) < 4.78 is 16.8. The van der Waals surface area contributed by atoms with Crippen LogP contribution in [0.4, 0.5) is 5.69 Å². The Morgan fingerprint density at radius 2 is 1.47 bits per heavy atom. The maximum atomic E-state index is 11.6.